The van der Waals surface area contributed by atoms with Crippen molar-refractivity contribution in [3.63, 3.8) is 0 Å². The molecule has 2 aromatic rings. The summed E-state index contributed by atoms with van der Waals surface area (Å²) in [5, 5.41) is 13.7. The van der Waals surface area contributed by atoms with Crippen LogP contribution in [0, 0.1) is 0 Å². The smallest absolute Gasteiger partial charge is 0.548 e. The quantitative estimate of drug-likeness (QED) is 0.164. The van der Waals surface area contributed by atoms with Crippen LogP contribution in [0.5, 0.6) is 5.75 Å². The third-order valence-corrected chi connectivity index (χ3v) is 7.13. The van der Waals surface area contributed by atoms with E-state index in [1.165, 1.54) is 16.7 Å². The van der Waals surface area contributed by atoms with Gasteiger partial charge in [0.05, 0.1) is 12.0 Å². The van der Waals surface area contributed by atoms with Crippen molar-refractivity contribution < 1.29 is 58.6 Å². The second kappa shape index (κ2) is 9.89. The molecule has 2 aliphatic rings. The number of carbonyl (C=O) groups is 4. The summed E-state index contributed by atoms with van der Waals surface area (Å²) in [6.45, 7) is 3.43. The summed E-state index contributed by atoms with van der Waals surface area (Å²) in [4.78, 5) is 51.6. The number of para-hydroxylation sites is 1. The van der Waals surface area contributed by atoms with Crippen LogP contribution >= 0.6 is 11.8 Å². The number of nitrogens with one attached hydrogen (secondary N) is 1. The van der Waals surface area contributed by atoms with Gasteiger partial charge in [0.15, 0.2) is 5.92 Å². The molecule has 4 rings (SSSR count). The van der Waals surface area contributed by atoms with Crippen molar-refractivity contribution >= 4 is 35.5 Å². The monoisotopic (exact) mass is 476 g/mol. The van der Waals surface area contributed by atoms with Gasteiger partial charge in [0.2, 0.25) is 11.8 Å². The molecule has 2 aromatic carbocycles. The number of benzene rings is 2. The molecule has 2 aliphatic heterocycles. The number of carboxylic acid groups (broad SMARTS) is 1. The molecule has 0 spiro atoms. The minimum atomic E-state index is -1.34. The van der Waals surface area contributed by atoms with Crippen molar-refractivity contribution in [2.45, 2.75) is 42.0 Å². The van der Waals surface area contributed by atoms with Crippen LogP contribution in [-0.2, 0) is 19.2 Å². The maximum absolute atomic E-state index is 13.2. The summed E-state index contributed by atoms with van der Waals surface area (Å²) in [7, 11) is 0. The van der Waals surface area contributed by atoms with Gasteiger partial charge in [-0.25, -0.2) is 0 Å². The average Bonchev–Trinajstić information content (AvgIpc) is 3.01. The Balaban J connectivity index is 0.00000306. The molecule has 0 radical (unpaired) electrons. The molecule has 2 saturated heterocycles. The van der Waals surface area contributed by atoms with E-state index in [9.17, 15) is 24.3 Å². The molecule has 0 saturated carbocycles. The number of carbonyl (C=O) groups excluding carboxylic acids is 4. The number of hydrogen-bond acceptors (Lipinski definition) is 7. The Morgan fingerprint density at radius 3 is 2.21 bits per heavy atom. The SMILES string of the molecule is CC1(C)S[C@@H]2[C@H](NC(=O)C(C(=O)Oc3ccccc3)c3ccccc3)C(=O)N2[C@H]1C(=O)[O-].[Na+]. The number of hydrogen-bond donors (Lipinski definition) is 1. The minimum Gasteiger partial charge on any atom is -0.548 e. The Bertz CT molecular complexity index is 1070. The molecule has 0 bridgehead atoms. The zero-order chi connectivity index (χ0) is 23.0. The molecule has 2 heterocycles. The Morgan fingerprint density at radius 1 is 1.06 bits per heavy atom. The Morgan fingerprint density at radius 2 is 1.64 bits per heavy atom. The number of esters is 1. The number of thioether (sulfide) groups is 1. The van der Waals surface area contributed by atoms with Crippen molar-refractivity contribution in [3.8, 4) is 5.75 Å². The molecule has 1 unspecified atom stereocenters. The Kier molecular flexibility index (Phi) is 7.58. The van der Waals surface area contributed by atoms with Crippen LogP contribution in [0.3, 0.4) is 0 Å². The minimum absolute atomic E-state index is 0. The van der Waals surface area contributed by atoms with E-state index in [0.717, 1.165) is 0 Å². The fourth-order valence-corrected chi connectivity index (χ4v) is 5.69. The molecule has 166 valence electrons. The fourth-order valence-electron chi connectivity index (χ4n) is 4.07. The predicted octanol–water partition coefficient (Wildman–Crippen LogP) is -2.32. The second-order valence-corrected chi connectivity index (χ2v) is 9.91. The molecular weight excluding hydrogens is 455 g/mol. The molecule has 0 aliphatic carbocycles. The van der Waals surface area contributed by atoms with Crippen LogP contribution in [0.2, 0.25) is 0 Å². The molecule has 2 fully saturated rings. The van der Waals surface area contributed by atoms with Crippen LogP contribution in [0.15, 0.2) is 60.7 Å². The van der Waals surface area contributed by atoms with Gasteiger partial charge in [-0.3, -0.25) is 14.4 Å². The van der Waals surface area contributed by atoms with Crippen LogP contribution in [0.25, 0.3) is 0 Å². The van der Waals surface area contributed by atoms with Crippen molar-refractivity contribution in [2.24, 2.45) is 0 Å². The summed E-state index contributed by atoms with van der Waals surface area (Å²) < 4.78 is 4.62. The van der Waals surface area contributed by atoms with Gasteiger partial charge in [-0.1, -0.05) is 48.5 Å². The second-order valence-electron chi connectivity index (χ2n) is 8.14. The van der Waals surface area contributed by atoms with Crippen LogP contribution < -0.4 is 44.7 Å². The standard InChI is InChI=1S/C23H22N2O6S.Na/c1-23(2)17(21(28)29)25-19(27)16(20(25)32-23)24-18(26)15(13-9-5-3-6-10-13)22(30)31-14-11-7-4-8-12-14;/h3-12,15-17,20H,1-2H3,(H,24,26)(H,28,29);/q;+1/p-1/t15?,16-,17+,20-;/m1./s1. The first-order chi connectivity index (χ1) is 15.2. The van der Waals surface area contributed by atoms with Crippen LogP contribution in [-0.4, -0.2) is 50.9 Å². The van der Waals surface area contributed by atoms with Gasteiger partial charge in [0, 0.05) is 4.75 Å². The molecule has 0 aromatic heterocycles. The van der Waals surface area contributed by atoms with Gasteiger partial charge in [0.1, 0.15) is 17.2 Å². The summed E-state index contributed by atoms with van der Waals surface area (Å²) in [5.41, 5.74) is 0.418. The van der Waals surface area contributed by atoms with E-state index in [4.69, 9.17) is 4.74 Å². The molecule has 2 amide bonds. The molecule has 10 heteroatoms. The summed E-state index contributed by atoms with van der Waals surface area (Å²) >= 11 is 1.28. The first-order valence-electron chi connectivity index (χ1n) is 10.0. The van der Waals surface area contributed by atoms with Gasteiger partial charge < -0.3 is 24.9 Å². The van der Waals surface area contributed by atoms with Gasteiger partial charge in [-0.05, 0) is 31.5 Å². The Hall–Kier alpha value is -2.33. The summed E-state index contributed by atoms with van der Waals surface area (Å²) in [5.74, 6) is -4.33. The molecule has 4 atom stereocenters. The summed E-state index contributed by atoms with van der Waals surface area (Å²) in [6, 6.07) is 14.8. The van der Waals surface area contributed by atoms with Gasteiger partial charge in [-0.2, -0.15) is 0 Å². The maximum Gasteiger partial charge on any atom is 1.00 e. The largest absolute Gasteiger partial charge is 1.00 e. The molecule has 33 heavy (non-hydrogen) atoms. The van der Waals surface area contributed by atoms with Gasteiger partial charge in [-0.15, -0.1) is 11.8 Å². The topological polar surface area (TPSA) is 116 Å². The number of carboxylic acids is 1. The third kappa shape index (κ3) is 4.82. The maximum atomic E-state index is 13.2. The fraction of sp³-hybridized carbons (Fsp3) is 0.304. The van der Waals surface area contributed by atoms with Crippen LogP contribution in [0.1, 0.15) is 25.3 Å². The number of aliphatic carboxylic acids is 1. The normalized spacial score (nSPS) is 23.4. The van der Waals surface area contributed by atoms with Crippen molar-refractivity contribution in [1.82, 2.24) is 10.2 Å². The van der Waals surface area contributed by atoms with Gasteiger partial charge >= 0.3 is 35.5 Å². The number of amides is 2. The number of ether oxygens (including phenoxy) is 1. The first-order valence-corrected chi connectivity index (χ1v) is 10.9. The van der Waals surface area contributed by atoms with Crippen molar-refractivity contribution in [2.75, 3.05) is 0 Å². The first kappa shape index (κ1) is 25.3. The van der Waals surface area contributed by atoms with Crippen molar-refractivity contribution in [3.05, 3.63) is 66.2 Å². The number of rotatable bonds is 6. The van der Waals surface area contributed by atoms with E-state index in [1.54, 1.807) is 74.5 Å². The molecular formula is C23H21N2NaO6S. The van der Waals surface area contributed by atoms with E-state index in [0.29, 0.717) is 11.3 Å². The van der Waals surface area contributed by atoms with E-state index >= 15 is 0 Å². The number of nitrogens with zero attached hydrogens (tertiary/aromatic N) is 1. The summed E-state index contributed by atoms with van der Waals surface area (Å²) in [6.07, 6.45) is 0. The third-order valence-electron chi connectivity index (χ3n) is 5.55. The Labute approximate surface area is 217 Å². The molecule has 1 N–H and O–H groups in total. The van der Waals surface area contributed by atoms with Crippen molar-refractivity contribution in [1.29, 1.82) is 0 Å². The number of fused-ring (bicyclic) bond motifs is 1. The zero-order valence-corrected chi connectivity index (χ0v) is 21.2. The average molecular weight is 476 g/mol. The van der Waals surface area contributed by atoms with E-state index < -0.39 is 51.9 Å². The zero-order valence-electron chi connectivity index (χ0n) is 18.4. The number of β-lactam (4-membered cyclic amide) rings is 1. The van der Waals surface area contributed by atoms with Crippen LogP contribution in [0.4, 0.5) is 0 Å². The predicted molar refractivity (Wildman–Crippen MR) is 114 cm³/mol. The van der Waals surface area contributed by atoms with Gasteiger partial charge in [0.25, 0.3) is 0 Å². The van der Waals surface area contributed by atoms with E-state index in [1.807, 2.05) is 0 Å². The van der Waals surface area contributed by atoms with E-state index in [-0.39, 0.29) is 29.6 Å². The molecule has 8 nitrogen and oxygen atoms in total. The van der Waals surface area contributed by atoms with E-state index in [2.05, 4.69) is 5.32 Å².